The summed E-state index contributed by atoms with van der Waals surface area (Å²) in [5, 5.41) is 9.64. The molecule has 0 N–H and O–H groups in total. The monoisotopic (exact) mass is 239 g/mol. The maximum absolute atomic E-state index is 8.69. The van der Waals surface area contributed by atoms with Crippen molar-refractivity contribution in [2.24, 2.45) is 0 Å². The second kappa shape index (κ2) is 3.73. The van der Waals surface area contributed by atoms with Crippen molar-refractivity contribution < 1.29 is 0 Å². The first kappa shape index (κ1) is 10.3. The van der Waals surface area contributed by atoms with Gasteiger partial charge in [-0.15, -0.1) is 0 Å². The summed E-state index contributed by atoms with van der Waals surface area (Å²) in [6.45, 7) is 2.11. The smallest absolute Gasteiger partial charge is 0.111 e. The van der Waals surface area contributed by atoms with Crippen LogP contribution in [0.5, 0.6) is 0 Å². The third kappa shape index (κ3) is 1.67. The number of benzene rings is 1. The van der Waals surface area contributed by atoms with Gasteiger partial charge in [-0.2, -0.15) is 5.26 Å². The molecule has 0 saturated heterocycles. The average Bonchev–Trinajstić information content (AvgIpc) is 2.46. The van der Waals surface area contributed by atoms with E-state index in [9.17, 15) is 0 Å². The highest BCUT2D eigenvalue weighted by atomic mass is 35.5. The van der Waals surface area contributed by atoms with Gasteiger partial charge in [0.25, 0.3) is 0 Å². The normalized spacial score (nSPS) is 10.5. The predicted octanol–water partition coefficient (Wildman–Crippen LogP) is 3.18. The van der Waals surface area contributed by atoms with Gasteiger partial charge in [0, 0.05) is 0 Å². The fraction of sp³-hybridized carbons (Fsp3) is 0.200. The summed E-state index contributed by atoms with van der Waals surface area (Å²) >= 11 is 11.8. The minimum Gasteiger partial charge on any atom is -0.314 e. The third-order valence-corrected chi connectivity index (χ3v) is 2.93. The second-order valence-electron chi connectivity index (χ2n) is 3.16. The largest absolute Gasteiger partial charge is 0.314 e. The van der Waals surface area contributed by atoms with Gasteiger partial charge in [0.15, 0.2) is 0 Å². The molecule has 76 valence electrons. The first-order chi connectivity index (χ1) is 7.13. The summed E-state index contributed by atoms with van der Waals surface area (Å²) in [5.74, 6) is 0.782. The first-order valence-electron chi connectivity index (χ1n) is 4.32. The van der Waals surface area contributed by atoms with E-state index in [4.69, 9.17) is 28.5 Å². The van der Waals surface area contributed by atoms with Crippen LogP contribution in [0.2, 0.25) is 10.0 Å². The highest BCUT2D eigenvalue weighted by Crippen LogP contribution is 2.28. The Balaban J connectivity index is 2.77. The van der Waals surface area contributed by atoms with E-state index in [1.165, 1.54) is 0 Å². The second-order valence-corrected chi connectivity index (χ2v) is 3.97. The van der Waals surface area contributed by atoms with E-state index >= 15 is 0 Å². The number of aryl methyl sites for hydroxylation is 1. The molecule has 0 fully saturated rings. The van der Waals surface area contributed by atoms with E-state index in [1.54, 1.807) is 16.7 Å². The fourth-order valence-corrected chi connectivity index (χ4v) is 1.83. The van der Waals surface area contributed by atoms with Crippen LogP contribution in [0.3, 0.4) is 0 Å². The molecule has 0 atom stereocenters. The zero-order valence-electron chi connectivity index (χ0n) is 7.96. The van der Waals surface area contributed by atoms with Crippen molar-refractivity contribution in [3.63, 3.8) is 0 Å². The van der Waals surface area contributed by atoms with E-state index in [2.05, 4.69) is 11.1 Å². The van der Waals surface area contributed by atoms with Gasteiger partial charge in [-0.25, -0.2) is 4.98 Å². The summed E-state index contributed by atoms with van der Waals surface area (Å²) in [7, 11) is 0. The Morgan fingerprint density at radius 1 is 1.40 bits per heavy atom. The van der Waals surface area contributed by atoms with E-state index in [0.29, 0.717) is 10.0 Å². The third-order valence-electron chi connectivity index (χ3n) is 2.21. The van der Waals surface area contributed by atoms with Crippen molar-refractivity contribution in [1.29, 1.82) is 5.26 Å². The van der Waals surface area contributed by atoms with Gasteiger partial charge in [-0.3, -0.25) is 0 Å². The highest BCUT2D eigenvalue weighted by Gasteiger charge is 2.09. The molecule has 0 aliphatic heterocycles. The lowest BCUT2D eigenvalue weighted by Crippen LogP contribution is -1.97. The lowest BCUT2D eigenvalue weighted by atomic mass is 10.3. The topological polar surface area (TPSA) is 41.6 Å². The minimum absolute atomic E-state index is 0.264. The molecule has 0 saturated carbocycles. The molecule has 0 radical (unpaired) electrons. The molecule has 5 heteroatoms. The summed E-state index contributed by atoms with van der Waals surface area (Å²) in [4.78, 5) is 4.30. The Labute approximate surface area is 96.8 Å². The highest BCUT2D eigenvalue weighted by molar-refractivity contribution is 6.42. The Kier molecular flexibility index (Phi) is 2.56. The van der Waals surface area contributed by atoms with Crippen LogP contribution in [0.4, 0.5) is 0 Å². The number of imidazole rings is 1. The van der Waals surface area contributed by atoms with E-state index < -0.39 is 0 Å². The molecule has 0 spiro atoms. The molecule has 0 aliphatic rings. The Bertz CT molecular complexity index is 566. The first-order valence-corrected chi connectivity index (χ1v) is 5.08. The molecule has 0 amide bonds. The van der Waals surface area contributed by atoms with Crippen LogP contribution in [0.1, 0.15) is 5.82 Å². The van der Waals surface area contributed by atoms with Crippen molar-refractivity contribution in [2.75, 3.05) is 0 Å². The quantitative estimate of drug-likeness (QED) is 0.768. The molecule has 1 aromatic carbocycles. The number of nitriles is 1. The molecule has 0 bridgehead atoms. The van der Waals surface area contributed by atoms with Gasteiger partial charge in [0.05, 0.1) is 27.1 Å². The lowest BCUT2D eigenvalue weighted by molar-refractivity contribution is 0.815. The molecule has 15 heavy (non-hydrogen) atoms. The molecule has 1 heterocycles. The van der Waals surface area contributed by atoms with Crippen LogP contribution < -0.4 is 0 Å². The zero-order chi connectivity index (χ0) is 11.0. The minimum atomic E-state index is 0.264. The molecule has 3 nitrogen and oxygen atoms in total. The van der Waals surface area contributed by atoms with E-state index in [0.717, 1.165) is 16.9 Å². The fourth-order valence-electron chi connectivity index (χ4n) is 1.51. The standard InChI is InChI=1S/C10H7Cl2N3/c1-6-14-9-4-7(11)8(12)5-10(9)15(6)3-2-13/h4-5H,3H2,1H3. The summed E-state index contributed by atoms with van der Waals surface area (Å²) in [6, 6.07) is 5.53. The van der Waals surface area contributed by atoms with E-state index in [-0.39, 0.29) is 6.54 Å². The number of aromatic nitrogens is 2. The Morgan fingerprint density at radius 2 is 2.07 bits per heavy atom. The van der Waals surface area contributed by atoms with Crippen LogP contribution >= 0.6 is 23.2 Å². The lowest BCUT2D eigenvalue weighted by Gasteiger charge is -2.00. The van der Waals surface area contributed by atoms with Crippen LogP contribution in [0, 0.1) is 18.3 Å². The van der Waals surface area contributed by atoms with Crippen molar-refractivity contribution >= 4 is 34.2 Å². The number of hydrogen-bond donors (Lipinski definition) is 0. The maximum atomic E-state index is 8.69. The van der Waals surface area contributed by atoms with E-state index in [1.807, 2.05) is 6.92 Å². The van der Waals surface area contributed by atoms with Gasteiger partial charge in [-0.05, 0) is 19.1 Å². The maximum Gasteiger partial charge on any atom is 0.111 e. The van der Waals surface area contributed by atoms with Crippen LogP contribution in [-0.2, 0) is 6.54 Å². The molecule has 1 aromatic heterocycles. The Morgan fingerprint density at radius 3 is 2.73 bits per heavy atom. The molecular formula is C10H7Cl2N3. The van der Waals surface area contributed by atoms with Crippen molar-refractivity contribution in [2.45, 2.75) is 13.5 Å². The SMILES string of the molecule is Cc1nc2cc(Cl)c(Cl)cc2n1CC#N. The molecule has 2 aromatic rings. The molecule has 0 unspecified atom stereocenters. The number of rotatable bonds is 1. The van der Waals surface area contributed by atoms with Crippen molar-refractivity contribution in [1.82, 2.24) is 9.55 Å². The Hall–Kier alpha value is -1.24. The van der Waals surface area contributed by atoms with Crippen LogP contribution in [0.15, 0.2) is 12.1 Å². The van der Waals surface area contributed by atoms with Crippen molar-refractivity contribution in [3.8, 4) is 6.07 Å². The van der Waals surface area contributed by atoms with Gasteiger partial charge >= 0.3 is 0 Å². The molecule has 0 aliphatic carbocycles. The molecular weight excluding hydrogens is 233 g/mol. The van der Waals surface area contributed by atoms with Gasteiger partial charge in [0.2, 0.25) is 0 Å². The van der Waals surface area contributed by atoms with Gasteiger partial charge in [-0.1, -0.05) is 23.2 Å². The van der Waals surface area contributed by atoms with Crippen LogP contribution in [0.25, 0.3) is 11.0 Å². The average molecular weight is 240 g/mol. The van der Waals surface area contributed by atoms with Crippen LogP contribution in [-0.4, -0.2) is 9.55 Å². The summed E-state index contributed by atoms with van der Waals surface area (Å²) < 4.78 is 1.80. The number of hydrogen-bond acceptors (Lipinski definition) is 2. The number of halogens is 2. The number of fused-ring (bicyclic) bond motifs is 1. The van der Waals surface area contributed by atoms with Crippen molar-refractivity contribution in [3.05, 3.63) is 28.0 Å². The van der Waals surface area contributed by atoms with Gasteiger partial charge in [0.1, 0.15) is 12.4 Å². The van der Waals surface area contributed by atoms with Gasteiger partial charge < -0.3 is 4.57 Å². The summed E-state index contributed by atoms with van der Waals surface area (Å²) in [5.41, 5.74) is 1.60. The zero-order valence-corrected chi connectivity index (χ0v) is 9.47. The number of nitrogens with zero attached hydrogens (tertiary/aromatic N) is 3. The molecule has 2 rings (SSSR count). The predicted molar refractivity (Wildman–Crippen MR) is 60.1 cm³/mol. The summed E-state index contributed by atoms with van der Waals surface area (Å²) in [6.07, 6.45) is 0.